The molecule has 0 fully saturated rings. The molecule has 7 nitrogen and oxygen atoms in total. The van der Waals surface area contributed by atoms with Gasteiger partial charge in [-0.2, -0.15) is 5.10 Å². The highest BCUT2D eigenvalue weighted by Gasteiger charge is 2.14. The molecule has 0 aliphatic heterocycles. The van der Waals surface area contributed by atoms with E-state index in [1.807, 2.05) is 0 Å². The number of halogens is 1. The SMILES string of the molecule is O=S(=O)(NCc1ccn[nH]1)c1cnc(Cl)nc1. The van der Waals surface area contributed by atoms with Crippen LogP contribution in [-0.2, 0) is 16.6 Å². The van der Waals surface area contributed by atoms with Crippen LogP contribution in [0.3, 0.4) is 0 Å². The Morgan fingerprint density at radius 1 is 1.35 bits per heavy atom. The standard InChI is InChI=1S/C8H8ClN5O2S/c9-8-10-4-7(5-11-8)17(15,16)13-3-6-1-2-12-14-6/h1-2,4-5,13H,3H2,(H,12,14). The molecule has 0 saturated heterocycles. The highest BCUT2D eigenvalue weighted by atomic mass is 35.5. The number of aromatic amines is 1. The molecule has 0 aliphatic carbocycles. The molecule has 2 heterocycles. The van der Waals surface area contributed by atoms with Crippen LogP contribution < -0.4 is 4.72 Å². The number of sulfonamides is 1. The normalized spacial score (nSPS) is 11.6. The quantitative estimate of drug-likeness (QED) is 0.782. The Hall–Kier alpha value is -1.51. The van der Waals surface area contributed by atoms with E-state index in [0.29, 0.717) is 5.69 Å². The molecule has 0 bridgehead atoms. The maximum Gasteiger partial charge on any atom is 0.243 e. The van der Waals surface area contributed by atoms with Gasteiger partial charge in [0.05, 0.1) is 24.6 Å². The van der Waals surface area contributed by atoms with Crippen molar-refractivity contribution in [2.24, 2.45) is 0 Å². The summed E-state index contributed by atoms with van der Waals surface area (Å²) in [6.07, 6.45) is 3.82. The van der Waals surface area contributed by atoms with Gasteiger partial charge < -0.3 is 0 Å². The lowest BCUT2D eigenvalue weighted by Crippen LogP contribution is -2.23. The fourth-order valence-corrected chi connectivity index (χ4v) is 2.07. The highest BCUT2D eigenvalue weighted by Crippen LogP contribution is 2.08. The number of nitrogens with zero attached hydrogens (tertiary/aromatic N) is 3. The first-order valence-electron chi connectivity index (χ1n) is 4.53. The summed E-state index contributed by atoms with van der Waals surface area (Å²) in [5, 5.41) is 6.34. The lowest BCUT2D eigenvalue weighted by atomic mass is 10.4. The zero-order valence-electron chi connectivity index (χ0n) is 8.46. The summed E-state index contributed by atoms with van der Waals surface area (Å²) in [6, 6.07) is 1.67. The van der Waals surface area contributed by atoms with Crippen LogP contribution in [-0.4, -0.2) is 28.6 Å². The summed E-state index contributed by atoms with van der Waals surface area (Å²) in [5.74, 6) is 0. The molecule has 2 aromatic rings. The van der Waals surface area contributed by atoms with Crippen LogP contribution in [0.15, 0.2) is 29.6 Å². The maximum atomic E-state index is 11.8. The predicted molar refractivity (Wildman–Crippen MR) is 59.7 cm³/mol. The smallest absolute Gasteiger partial charge is 0.243 e. The van der Waals surface area contributed by atoms with Crippen molar-refractivity contribution in [3.05, 3.63) is 35.6 Å². The molecule has 0 atom stereocenters. The zero-order valence-corrected chi connectivity index (χ0v) is 10.0. The Morgan fingerprint density at radius 3 is 2.65 bits per heavy atom. The van der Waals surface area contributed by atoms with E-state index >= 15 is 0 Å². The summed E-state index contributed by atoms with van der Waals surface area (Å²) in [5.41, 5.74) is 0.656. The van der Waals surface area contributed by atoms with Crippen LogP contribution in [0.5, 0.6) is 0 Å². The predicted octanol–water partition coefficient (Wildman–Crippen LogP) is 0.332. The van der Waals surface area contributed by atoms with Crippen molar-refractivity contribution in [1.82, 2.24) is 24.9 Å². The Labute approximate surface area is 102 Å². The number of nitrogens with one attached hydrogen (secondary N) is 2. The fraction of sp³-hybridized carbons (Fsp3) is 0.125. The van der Waals surface area contributed by atoms with Crippen molar-refractivity contribution >= 4 is 21.6 Å². The minimum atomic E-state index is -3.63. The summed E-state index contributed by atoms with van der Waals surface area (Å²) in [4.78, 5) is 7.17. The van der Waals surface area contributed by atoms with Crippen LogP contribution in [0.4, 0.5) is 0 Å². The Morgan fingerprint density at radius 2 is 2.06 bits per heavy atom. The van der Waals surface area contributed by atoms with Crippen LogP contribution in [0.2, 0.25) is 5.28 Å². The molecule has 0 radical (unpaired) electrons. The van der Waals surface area contributed by atoms with E-state index in [0.717, 1.165) is 12.4 Å². The molecule has 17 heavy (non-hydrogen) atoms. The molecule has 0 aliphatic rings. The number of rotatable bonds is 4. The van der Waals surface area contributed by atoms with Gasteiger partial charge in [-0.25, -0.2) is 23.1 Å². The molecule has 2 rings (SSSR count). The van der Waals surface area contributed by atoms with E-state index in [1.54, 1.807) is 6.07 Å². The number of hydrogen-bond donors (Lipinski definition) is 2. The monoisotopic (exact) mass is 273 g/mol. The first-order chi connectivity index (χ1) is 8.08. The van der Waals surface area contributed by atoms with Gasteiger partial charge in [0.1, 0.15) is 4.90 Å². The molecule has 0 saturated carbocycles. The van der Waals surface area contributed by atoms with Crippen molar-refractivity contribution in [2.45, 2.75) is 11.4 Å². The zero-order chi connectivity index (χ0) is 12.3. The topological polar surface area (TPSA) is 101 Å². The molecular weight excluding hydrogens is 266 g/mol. The molecule has 2 aromatic heterocycles. The van der Waals surface area contributed by atoms with Gasteiger partial charge in [0, 0.05) is 6.20 Å². The molecule has 0 amide bonds. The minimum Gasteiger partial charge on any atom is -0.281 e. The van der Waals surface area contributed by atoms with E-state index in [4.69, 9.17) is 11.6 Å². The van der Waals surface area contributed by atoms with Gasteiger partial charge in [0.15, 0.2) is 0 Å². The van der Waals surface area contributed by atoms with Gasteiger partial charge >= 0.3 is 0 Å². The average Bonchev–Trinajstić information content (AvgIpc) is 2.80. The lowest BCUT2D eigenvalue weighted by molar-refractivity contribution is 0.579. The average molecular weight is 274 g/mol. The van der Waals surface area contributed by atoms with Gasteiger partial charge in [0.25, 0.3) is 0 Å². The maximum absolute atomic E-state index is 11.8. The Bertz CT molecular complexity index is 581. The number of H-pyrrole nitrogens is 1. The van der Waals surface area contributed by atoms with Gasteiger partial charge in [-0.05, 0) is 17.7 Å². The first kappa shape index (κ1) is 12.0. The molecule has 0 spiro atoms. The second-order valence-electron chi connectivity index (χ2n) is 3.09. The molecule has 2 N–H and O–H groups in total. The first-order valence-corrected chi connectivity index (χ1v) is 6.39. The van der Waals surface area contributed by atoms with E-state index in [1.165, 1.54) is 6.20 Å². The summed E-state index contributed by atoms with van der Waals surface area (Å²) in [7, 11) is -3.63. The largest absolute Gasteiger partial charge is 0.281 e. The van der Waals surface area contributed by atoms with Crippen LogP contribution in [0, 0.1) is 0 Å². The molecular formula is C8H8ClN5O2S. The Kier molecular flexibility index (Phi) is 3.36. The van der Waals surface area contributed by atoms with Gasteiger partial charge in [-0.1, -0.05) is 0 Å². The van der Waals surface area contributed by atoms with E-state index in [2.05, 4.69) is 24.9 Å². The van der Waals surface area contributed by atoms with Crippen molar-refractivity contribution in [2.75, 3.05) is 0 Å². The third-order valence-electron chi connectivity index (χ3n) is 1.92. The Balaban J connectivity index is 2.11. The van der Waals surface area contributed by atoms with Crippen molar-refractivity contribution < 1.29 is 8.42 Å². The molecule has 90 valence electrons. The minimum absolute atomic E-state index is 0.00230. The third kappa shape index (κ3) is 2.99. The van der Waals surface area contributed by atoms with E-state index in [9.17, 15) is 8.42 Å². The van der Waals surface area contributed by atoms with Gasteiger partial charge in [-0.3, -0.25) is 5.10 Å². The summed E-state index contributed by atoms with van der Waals surface area (Å²) in [6.45, 7) is 0.116. The number of hydrogen-bond acceptors (Lipinski definition) is 5. The van der Waals surface area contributed by atoms with Crippen molar-refractivity contribution in [3.63, 3.8) is 0 Å². The third-order valence-corrected chi connectivity index (χ3v) is 3.47. The van der Waals surface area contributed by atoms with E-state index < -0.39 is 10.0 Å². The highest BCUT2D eigenvalue weighted by molar-refractivity contribution is 7.89. The summed E-state index contributed by atoms with van der Waals surface area (Å²) < 4.78 is 25.9. The molecule has 9 heteroatoms. The van der Waals surface area contributed by atoms with Crippen LogP contribution >= 0.6 is 11.6 Å². The van der Waals surface area contributed by atoms with E-state index in [-0.39, 0.29) is 16.7 Å². The summed E-state index contributed by atoms with van der Waals surface area (Å²) >= 11 is 5.47. The van der Waals surface area contributed by atoms with Crippen molar-refractivity contribution in [3.8, 4) is 0 Å². The van der Waals surface area contributed by atoms with Crippen LogP contribution in [0.1, 0.15) is 5.69 Å². The molecule has 0 unspecified atom stereocenters. The van der Waals surface area contributed by atoms with Gasteiger partial charge in [0.2, 0.25) is 15.3 Å². The lowest BCUT2D eigenvalue weighted by Gasteiger charge is -2.04. The second kappa shape index (κ2) is 4.78. The second-order valence-corrected chi connectivity index (χ2v) is 5.20. The number of aromatic nitrogens is 4. The fourth-order valence-electron chi connectivity index (χ4n) is 1.08. The van der Waals surface area contributed by atoms with Gasteiger partial charge in [-0.15, -0.1) is 0 Å². The van der Waals surface area contributed by atoms with Crippen molar-refractivity contribution in [1.29, 1.82) is 0 Å². The van der Waals surface area contributed by atoms with Crippen LogP contribution in [0.25, 0.3) is 0 Å². The molecule has 0 aromatic carbocycles.